The number of thiophene rings is 1. The average Bonchev–Trinajstić information content (AvgIpc) is 3.69. The lowest BCUT2D eigenvalue weighted by Crippen LogP contribution is -2.32. The lowest BCUT2D eigenvalue weighted by molar-refractivity contribution is -0.123. The number of nitrogens with zero attached hydrogens (tertiary/aromatic N) is 2. The van der Waals surface area contributed by atoms with E-state index in [1.54, 1.807) is 11.3 Å². The number of hydrogen-bond donors (Lipinski definition) is 2. The van der Waals surface area contributed by atoms with Gasteiger partial charge >= 0.3 is 0 Å². The summed E-state index contributed by atoms with van der Waals surface area (Å²) in [6, 6.07) is 17.1. The molecule has 0 aliphatic carbocycles. The molecule has 4 aromatic rings. The molecule has 2 aromatic heterocycles. The first kappa shape index (κ1) is 23.4. The fourth-order valence-corrected chi connectivity index (χ4v) is 6.20. The van der Waals surface area contributed by atoms with Crippen molar-refractivity contribution in [3.05, 3.63) is 70.4 Å². The van der Waals surface area contributed by atoms with Crippen molar-refractivity contribution in [1.29, 1.82) is 0 Å². The first-order valence-corrected chi connectivity index (χ1v) is 13.9. The molecule has 0 amide bonds. The van der Waals surface area contributed by atoms with Crippen LogP contribution < -0.4 is 5.32 Å². The van der Waals surface area contributed by atoms with Gasteiger partial charge in [-0.25, -0.2) is 0 Å². The Bertz CT molecular complexity index is 1300. The molecular weight excluding hydrogens is 468 g/mol. The van der Waals surface area contributed by atoms with Crippen LogP contribution in [0.1, 0.15) is 42.9 Å². The van der Waals surface area contributed by atoms with Crippen molar-refractivity contribution in [3.63, 3.8) is 0 Å². The predicted molar refractivity (Wildman–Crippen MR) is 146 cm³/mol. The molecule has 0 bridgehead atoms. The number of aromatic nitrogens is 2. The van der Waals surface area contributed by atoms with Crippen LogP contribution in [0.2, 0.25) is 0 Å². The number of rotatable bonds is 8. The second kappa shape index (κ2) is 10.5. The standard InChI is InChI=1S/C29H32N4O2S/c34-27(29(22-11-16-36-19-22)33-12-1-2-13-33)18-20-3-8-26-25(17-20)28(32-31-26)21-4-6-23(7-5-21)30-24-9-14-35-15-10-24/h3-8,11,16-17,19,24,29-30H,1-2,9-10,12-15,18H2,(H,31,32). The number of ether oxygens (including phenoxy) is 1. The Morgan fingerprint density at radius 1 is 1.11 bits per heavy atom. The lowest BCUT2D eigenvalue weighted by atomic mass is 9.97. The van der Waals surface area contributed by atoms with E-state index < -0.39 is 0 Å². The molecule has 0 saturated carbocycles. The monoisotopic (exact) mass is 500 g/mol. The van der Waals surface area contributed by atoms with Gasteiger partial charge in [-0.2, -0.15) is 16.4 Å². The summed E-state index contributed by atoms with van der Waals surface area (Å²) in [7, 11) is 0. The van der Waals surface area contributed by atoms with Gasteiger partial charge in [-0.1, -0.05) is 18.2 Å². The summed E-state index contributed by atoms with van der Waals surface area (Å²) in [6.07, 6.45) is 4.84. The third-order valence-electron chi connectivity index (χ3n) is 7.43. The second-order valence-electron chi connectivity index (χ2n) is 9.91. The molecule has 0 spiro atoms. The van der Waals surface area contributed by atoms with Crippen LogP contribution in [0.3, 0.4) is 0 Å². The lowest BCUT2D eigenvalue weighted by Gasteiger charge is -2.26. The van der Waals surface area contributed by atoms with E-state index in [2.05, 4.69) is 73.6 Å². The fourth-order valence-electron chi connectivity index (χ4n) is 5.52. The molecule has 2 saturated heterocycles. The number of H-pyrrole nitrogens is 1. The van der Waals surface area contributed by atoms with Gasteiger partial charge in [-0.15, -0.1) is 0 Å². The Hall–Kier alpha value is -3.00. The maximum Gasteiger partial charge on any atom is 0.158 e. The zero-order valence-electron chi connectivity index (χ0n) is 20.4. The highest BCUT2D eigenvalue weighted by molar-refractivity contribution is 7.08. The highest BCUT2D eigenvalue weighted by Crippen LogP contribution is 2.31. The topological polar surface area (TPSA) is 70.2 Å². The van der Waals surface area contributed by atoms with Crippen molar-refractivity contribution < 1.29 is 9.53 Å². The molecule has 0 radical (unpaired) electrons. The van der Waals surface area contributed by atoms with Gasteiger partial charge in [0.25, 0.3) is 0 Å². The van der Waals surface area contributed by atoms with Crippen LogP contribution in [0.4, 0.5) is 5.69 Å². The van der Waals surface area contributed by atoms with Gasteiger partial charge in [0.1, 0.15) is 0 Å². The summed E-state index contributed by atoms with van der Waals surface area (Å²) in [4.78, 5) is 15.9. The molecule has 1 unspecified atom stereocenters. The first-order valence-electron chi connectivity index (χ1n) is 13.0. The number of benzene rings is 2. The largest absolute Gasteiger partial charge is 0.382 e. The number of nitrogens with one attached hydrogen (secondary N) is 2. The molecule has 2 aromatic carbocycles. The highest BCUT2D eigenvalue weighted by atomic mass is 32.1. The van der Waals surface area contributed by atoms with Crippen molar-refractivity contribution in [1.82, 2.24) is 15.1 Å². The van der Waals surface area contributed by atoms with Gasteiger partial charge in [-0.3, -0.25) is 14.8 Å². The van der Waals surface area contributed by atoms with Crippen molar-refractivity contribution >= 4 is 33.7 Å². The molecule has 2 aliphatic heterocycles. The van der Waals surface area contributed by atoms with Crippen LogP contribution in [-0.4, -0.2) is 53.2 Å². The van der Waals surface area contributed by atoms with E-state index in [1.807, 2.05) is 6.07 Å². The van der Waals surface area contributed by atoms with Gasteiger partial charge in [-0.05, 0) is 91.0 Å². The summed E-state index contributed by atoms with van der Waals surface area (Å²) >= 11 is 1.66. The number of Topliss-reactive ketones (excluding diaryl/α,β-unsaturated/α-hetero) is 1. The van der Waals surface area contributed by atoms with Crippen LogP contribution in [0, 0.1) is 0 Å². The van der Waals surface area contributed by atoms with Gasteiger partial charge in [0.05, 0.1) is 17.3 Å². The van der Waals surface area contributed by atoms with Crippen LogP contribution >= 0.6 is 11.3 Å². The molecule has 36 heavy (non-hydrogen) atoms. The van der Waals surface area contributed by atoms with E-state index in [4.69, 9.17) is 4.74 Å². The third-order valence-corrected chi connectivity index (χ3v) is 8.13. The van der Waals surface area contributed by atoms with Crippen LogP contribution in [-0.2, 0) is 16.0 Å². The van der Waals surface area contributed by atoms with Crippen molar-refractivity contribution in [2.45, 2.75) is 44.2 Å². The second-order valence-corrected chi connectivity index (χ2v) is 10.7. The number of carbonyl (C=O) groups excluding carboxylic acids is 1. The quantitative estimate of drug-likeness (QED) is 0.319. The minimum Gasteiger partial charge on any atom is -0.382 e. The smallest absolute Gasteiger partial charge is 0.158 e. The molecule has 6 rings (SSSR count). The number of ketones is 1. The van der Waals surface area contributed by atoms with Crippen molar-refractivity contribution in [3.8, 4) is 11.3 Å². The number of fused-ring (bicyclic) bond motifs is 1. The van der Waals surface area contributed by atoms with Crippen molar-refractivity contribution in [2.24, 2.45) is 0 Å². The maximum absolute atomic E-state index is 13.6. The summed E-state index contributed by atoms with van der Waals surface area (Å²) in [5, 5.41) is 16.6. The Balaban J connectivity index is 1.21. The van der Waals surface area contributed by atoms with E-state index >= 15 is 0 Å². The molecule has 2 fully saturated rings. The Kier molecular flexibility index (Phi) is 6.86. The molecule has 2 N–H and O–H groups in total. The summed E-state index contributed by atoms with van der Waals surface area (Å²) in [5.41, 5.74) is 6.26. The van der Waals surface area contributed by atoms with Crippen LogP contribution in [0.5, 0.6) is 0 Å². The van der Waals surface area contributed by atoms with Crippen LogP contribution in [0.15, 0.2) is 59.3 Å². The minimum atomic E-state index is -0.144. The maximum atomic E-state index is 13.6. The van der Waals surface area contributed by atoms with E-state index in [0.29, 0.717) is 12.5 Å². The molecular formula is C29H32N4O2S. The average molecular weight is 501 g/mol. The summed E-state index contributed by atoms with van der Waals surface area (Å²) in [5.74, 6) is 0.267. The van der Waals surface area contributed by atoms with Gasteiger partial charge in [0.15, 0.2) is 5.78 Å². The number of anilines is 1. The van der Waals surface area contributed by atoms with E-state index in [0.717, 1.165) is 78.1 Å². The van der Waals surface area contributed by atoms with E-state index in [-0.39, 0.29) is 11.8 Å². The Morgan fingerprint density at radius 2 is 1.92 bits per heavy atom. The van der Waals surface area contributed by atoms with Gasteiger partial charge in [0, 0.05) is 42.3 Å². The summed E-state index contributed by atoms with van der Waals surface area (Å²) in [6.45, 7) is 3.64. The fraction of sp³-hybridized carbons (Fsp3) is 0.379. The van der Waals surface area contributed by atoms with Crippen LogP contribution in [0.25, 0.3) is 22.2 Å². The number of likely N-dealkylation sites (tertiary alicyclic amines) is 1. The Morgan fingerprint density at radius 3 is 2.67 bits per heavy atom. The normalized spacial score (nSPS) is 18.0. The molecule has 7 heteroatoms. The highest BCUT2D eigenvalue weighted by Gasteiger charge is 2.29. The minimum absolute atomic E-state index is 0.144. The third kappa shape index (κ3) is 4.96. The zero-order valence-corrected chi connectivity index (χ0v) is 21.2. The molecule has 1 atom stereocenters. The van der Waals surface area contributed by atoms with Gasteiger partial charge in [0.2, 0.25) is 0 Å². The zero-order chi connectivity index (χ0) is 24.3. The Labute approximate surface area is 215 Å². The van der Waals surface area contributed by atoms with E-state index in [9.17, 15) is 4.79 Å². The summed E-state index contributed by atoms with van der Waals surface area (Å²) < 4.78 is 5.46. The van der Waals surface area contributed by atoms with E-state index in [1.165, 1.54) is 12.8 Å². The predicted octanol–water partition coefficient (Wildman–Crippen LogP) is 5.83. The number of carbonyl (C=O) groups is 1. The van der Waals surface area contributed by atoms with Crippen molar-refractivity contribution in [2.75, 3.05) is 31.6 Å². The molecule has 2 aliphatic rings. The molecule has 186 valence electrons. The number of aromatic amines is 1. The first-order chi connectivity index (χ1) is 17.7. The number of hydrogen-bond acceptors (Lipinski definition) is 6. The SMILES string of the molecule is O=C(Cc1ccc2[nH]nc(-c3ccc(NC4CCOCC4)cc3)c2c1)C(c1ccsc1)N1CCCC1. The molecule has 6 nitrogen and oxygen atoms in total. The van der Waals surface area contributed by atoms with Gasteiger partial charge < -0.3 is 10.1 Å². The molecule has 4 heterocycles.